The summed E-state index contributed by atoms with van der Waals surface area (Å²) in [5.41, 5.74) is 3.35. The molecular weight excluding hydrogens is 392 g/mol. The number of fused-ring (bicyclic) bond motifs is 1. The van der Waals surface area contributed by atoms with Crippen molar-refractivity contribution in [2.24, 2.45) is 7.05 Å². The van der Waals surface area contributed by atoms with Gasteiger partial charge in [0.25, 0.3) is 0 Å². The van der Waals surface area contributed by atoms with Crippen LogP contribution in [0.15, 0.2) is 54.3 Å². The van der Waals surface area contributed by atoms with Gasteiger partial charge in [-0.25, -0.2) is 9.78 Å². The van der Waals surface area contributed by atoms with Crippen LogP contribution in [0.3, 0.4) is 0 Å². The summed E-state index contributed by atoms with van der Waals surface area (Å²) >= 11 is 0. The highest BCUT2D eigenvalue weighted by atomic mass is 16.5. The molecule has 3 aromatic rings. The van der Waals surface area contributed by atoms with Crippen molar-refractivity contribution in [3.05, 3.63) is 65.7 Å². The number of carbonyl (C=O) groups excluding carboxylic acids is 1. The number of amidine groups is 1. The van der Waals surface area contributed by atoms with Crippen LogP contribution in [0.4, 0.5) is 5.69 Å². The second kappa shape index (κ2) is 8.63. The average Bonchev–Trinajstić information content (AvgIpc) is 3.26. The Morgan fingerprint density at radius 1 is 1.16 bits per heavy atom. The summed E-state index contributed by atoms with van der Waals surface area (Å²) in [7, 11) is 1.88. The molecule has 0 saturated carbocycles. The maximum absolute atomic E-state index is 12.2. The highest BCUT2D eigenvalue weighted by Gasteiger charge is 2.32. The molecule has 1 aromatic heterocycles. The van der Waals surface area contributed by atoms with Crippen LogP contribution in [-0.4, -0.2) is 39.6 Å². The summed E-state index contributed by atoms with van der Waals surface area (Å²) in [5.74, 6) is 0.479. The van der Waals surface area contributed by atoms with E-state index in [9.17, 15) is 9.90 Å². The molecule has 0 aliphatic carbocycles. The molecule has 0 amide bonds. The first-order valence-corrected chi connectivity index (χ1v) is 10.5. The summed E-state index contributed by atoms with van der Waals surface area (Å²) in [5, 5.41) is 19.3. The number of esters is 1. The molecule has 1 aliphatic rings. The quantitative estimate of drug-likeness (QED) is 0.429. The zero-order valence-electron chi connectivity index (χ0n) is 17.8. The lowest BCUT2D eigenvalue weighted by molar-refractivity contribution is 0.0498. The number of hydrogen-bond donors (Lipinski definition) is 2. The van der Waals surface area contributed by atoms with Gasteiger partial charge in [0.1, 0.15) is 17.4 Å². The predicted molar refractivity (Wildman–Crippen MR) is 122 cm³/mol. The third-order valence-corrected chi connectivity index (χ3v) is 5.51. The Morgan fingerprint density at radius 2 is 1.90 bits per heavy atom. The van der Waals surface area contributed by atoms with Gasteiger partial charge in [0.05, 0.1) is 35.3 Å². The fourth-order valence-corrected chi connectivity index (χ4v) is 3.78. The van der Waals surface area contributed by atoms with Crippen molar-refractivity contribution in [1.82, 2.24) is 9.55 Å². The number of rotatable bonds is 7. The fourth-order valence-electron chi connectivity index (χ4n) is 3.78. The Morgan fingerprint density at radius 3 is 2.61 bits per heavy atom. The standard InChI is InChI=1S/C24H26N4O3/c1-3-4-7-14-31-24(30)16-10-12-17(13-11-16)28-15-20(29)21(22(28)25)23-26-18-8-5-6-9-19(18)27(23)2/h5-6,8-13,25,29H,3-4,7,14-15H2,1-2H3. The van der Waals surface area contributed by atoms with Gasteiger partial charge in [0.15, 0.2) is 0 Å². The van der Waals surface area contributed by atoms with Crippen molar-refractivity contribution in [2.45, 2.75) is 26.2 Å². The Kier molecular flexibility index (Phi) is 5.75. The van der Waals surface area contributed by atoms with Gasteiger partial charge in [-0.15, -0.1) is 0 Å². The second-order valence-electron chi connectivity index (χ2n) is 7.63. The number of nitrogens with zero attached hydrogens (tertiary/aromatic N) is 3. The molecule has 7 heteroatoms. The topological polar surface area (TPSA) is 91.4 Å². The number of para-hydroxylation sites is 2. The van der Waals surface area contributed by atoms with E-state index in [1.165, 1.54) is 0 Å². The van der Waals surface area contributed by atoms with E-state index in [4.69, 9.17) is 10.1 Å². The number of aliphatic hydroxyl groups excluding tert-OH is 1. The van der Waals surface area contributed by atoms with Crippen molar-refractivity contribution in [2.75, 3.05) is 18.1 Å². The van der Waals surface area contributed by atoms with Crippen LogP contribution in [-0.2, 0) is 11.8 Å². The number of anilines is 1. The number of aryl methyl sites for hydroxylation is 1. The lowest BCUT2D eigenvalue weighted by Crippen LogP contribution is -2.26. The highest BCUT2D eigenvalue weighted by molar-refractivity contribution is 6.30. The number of aromatic nitrogens is 2. The van der Waals surface area contributed by atoms with Crippen molar-refractivity contribution < 1.29 is 14.6 Å². The van der Waals surface area contributed by atoms with Gasteiger partial charge in [0.2, 0.25) is 0 Å². The summed E-state index contributed by atoms with van der Waals surface area (Å²) in [6, 6.07) is 14.6. The minimum atomic E-state index is -0.347. The third kappa shape index (κ3) is 3.91. The first-order chi connectivity index (χ1) is 15.0. The molecule has 0 atom stereocenters. The second-order valence-corrected chi connectivity index (χ2v) is 7.63. The number of hydrogen-bond acceptors (Lipinski definition) is 5. The van der Waals surface area contributed by atoms with E-state index in [-0.39, 0.29) is 24.1 Å². The minimum absolute atomic E-state index is 0.0998. The molecule has 7 nitrogen and oxygen atoms in total. The molecule has 160 valence electrons. The van der Waals surface area contributed by atoms with Gasteiger partial charge in [0, 0.05) is 12.7 Å². The zero-order valence-corrected chi connectivity index (χ0v) is 17.8. The van der Waals surface area contributed by atoms with Crippen LogP contribution in [0.5, 0.6) is 0 Å². The average molecular weight is 418 g/mol. The van der Waals surface area contributed by atoms with E-state index in [0.29, 0.717) is 29.3 Å². The van der Waals surface area contributed by atoms with Gasteiger partial charge < -0.3 is 19.3 Å². The summed E-state index contributed by atoms with van der Waals surface area (Å²) in [4.78, 5) is 18.5. The molecule has 1 aliphatic heterocycles. The first kappa shape index (κ1) is 20.7. The molecule has 4 rings (SSSR count). The Hall–Kier alpha value is -3.61. The SMILES string of the molecule is CCCCCOC(=O)c1ccc(N2CC(O)=C(c3nc4ccccc4n3C)C2=N)cc1. The molecular formula is C24H26N4O3. The Labute approximate surface area is 181 Å². The van der Waals surface area contributed by atoms with Crippen LogP contribution < -0.4 is 4.90 Å². The van der Waals surface area contributed by atoms with Gasteiger partial charge in [-0.2, -0.15) is 0 Å². The van der Waals surface area contributed by atoms with Gasteiger partial charge >= 0.3 is 5.97 Å². The molecule has 31 heavy (non-hydrogen) atoms. The number of carbonyl (C=O) groups is 1. The van der Waals surface area contributed by atoms with Crippen LogP contribution >= 0.6 is 0 Å². The molecule has 2 aromatic carbocycles. The van der Waals surface area contributed by atoms with Crippen LogP contribution in [0.25, 0.3) is 16.6 Å². The Bertz CT molecular complexity index is 1160. The smallest absolute Gasteiger partial charge is 0.338 e. The molecule has 0 fully saturated rings. The number of ether oxygens (including phenoxy) is 1. The lowest BCUT2D eigenvalue weighted by Gasteiger charge is -2.19. The molecule has 0 spiro atoms. The van der Waals surface area contributed by atoms with E-state index in [2.05, 4.69) is 11.9 Å². The third-order valence-electron chi connectivity index (χ3n) is 5.51. The Balaban J connectivity index is 1.51. The lowest BCUT2D eigenvalue weighted by atomic mass is 10.2. The van der Waals surface area contributed by atoms with Gasteiger partial charge in [-0.1, -0.05) is 31.9 Å². The van der Waals surface area contributed by atoms with Gasteiger partial charge in [-0.3, -0.25) is 5.41 Å². The maximum Gasteiger partial charge on any atom is 0.338 e. The van der Waals surface area contributed by atoms with Crippen molar-refractivity contribution in [1.29, 1.82) is 5.41 Å². The van der Waals surface area contributed by atoms with Crippen LogP contribution in [0, 0.1) is 5.41 Å². The number of unbranched alkanes of at least 4 members (excludes halogenated alkanes) is 2. The summed E-state index contributed by atoms with van der Waals surface area (Å²) in [6.07, 6.45) is 2.97. The van der Waals surface area contributed by atoms with Crippen LogP contribution in [0.1, 0.15) is 42.4 Å². The maximum atomic E-state index is 12.2. The summed E-state index contributed by atoms with van der Waals surface area (Å²) in [6.45, 7) is 2.70. The molecule has 2 N–H and O–H groups in total. The number of nitrogens with one attached hydrogen (secondary N) is 1. The monoisotopic (exact) mass is 418 g/mol. The van der Waals surface area contributed by atoms with Crippen molar-refractivity contribution in [3.8, 4) is 0 Å². The van der Waals surface area contributed by atoms with E-state index in [1.807, 2.05) is 35.9 Å². The fraction of sp³-hybridized carbons (Fsp3) is 0.292. The largest absolute Gasteiger partial charge is 0.509 e. The number of imidazole rings is 1. The molecule has 2 heterocycles. The zero-order chi connectivity index (χ0) is 22.0. The van der Waals surface area contributed by atoms with E-state index >= 15 is 0 Å². The predicted octanol–water partition coefficient (Wildman–Crippen LogP) is 4.69. The van der Waals surface area contributed by atoms with E-state index < -0.39 is 0 Å². The van der Waals surface area contributed by atoms with Crippen molar-refractivity contribution in [3.63, 3.8) is 0 Å². The van der Waals surface area contributed by atoms with E-state index in [1.54, 1.807) is 29.2 Å². The first-order valence-electron chi connectivity index (χ1n) is 10.5. The minimum Gasteiger partial charge on any atom is -0.509 e. The normalized spacial score (nSPS) is 14.0. The van der Waals surface area contributed by atoms with E-state index in [0.717, 1.165) is 30.3 Å². The molecule has 0 unspecified atom stereocenters. The number of aliphatic hydroxyl groups is 1. The molecule has 0 radical (unpaired) electrons. The van der Waals surface area contributed by atoms with Gasteiger partial charge in [-0.05, 0) is 42.8 Å². The molecule has 0 bridgehead atoms. The highest BCUT2D eigenvalue weighted by Crippen LogP contribution is 2.32. The van der Waals surface area contributed by atoms with Crippen molar-refractivity contribution >= 4 is 34.1 Å². The molecule has 0 saturated heterocycles. The number of benzene rings is 2. The summed E-state index contributed by atoms with van der Waals surface area (Å²) < 4.78 is 7.18. The van der Waals surface area contributed by atoms with Crippen LogP contribution in [0.2, 0.25) is 0 Å².